The topological polar surface area (TPSA) is 92.4 Å². The number of hydrogen-bond donors (Lipinski definition) is 3. The third kappa shape index (κ3) is 3.81. The zero-order valence-corrected chi connectivity index (χ0v) is 11.3. The summed E-state index contributed by atoms with van der Waals surface area (Å²) in [6.07, 6.45) is 2.75. The molecule has 0 radical (unpaired) electrons. The fourth-order valence-electron chi connectivity index (χ4n) is 2.54. The van der Waals surface area contributed by atoms with Crippen LogP contribution in [-0.4, -0.2) is 29.1 Å². The van der Waals surface area contributed by atoms with Crippen LogP contribution in [0.15, 0.2) is 24.3 Å². The Labute approximate surface area is 118 Å². The van der Waals surface area contributed by atoms with Gasteiger partial charge in [0.1, 0.15) is 0 Å². The van der Waals surface area contributed by atoms with Crippen LogP contribution in [0.5, 0.6) is 0 Å². The average molecular weight is 276 g/mol. The van der Waals surface area contributed by atoms with Gasteiger partial charge < -0.3 is 16.2 Å². The van der Waals surface area contributed by atoms with E-state index < -0.39 is 12.0 Å². The van der Waals surface area contributed by atoms with Gasteiger partial charge in [-0.2, -0.15) is 0 Å². The number of amides is 1. The first-order valence-electron chi connectivity index (χ1n) is 6.91. The molecular formula is C15H20N2O3. The van der Waals surface area contributed by atoms with Crippen molar-refractivity contribution in [2.45, 2.75) is 44.2 Å². The number of aryl methyl sites for hydroxylation is 1. The van der Waals surface area contributed by atoms with Crippen LogP contribution in [0.3, 0.4) is 0 Å². The van der Waals surface area contributed by atoms with Crippen molar-refractivity contribution < 1.29 is 14.7 Å². The Morgan fingerprint density at radius 2 is 2.05 bits per heavy atom. The number of hydrogen-bond acceptors (Lipinski definition) is 3. The van der Waals surface area contributed by atoms with Gasteiger partial charge in [-0.1, -0.05) is 24.3 Å². The lowest BCUT2D eigenvalue weighted by atomic mass is 9.88. The number of aliphatic carboxylic acids is 1. The summed E-state index contributed by atoms with van der Waals surface area (Å²) in [6.45, 7) is 0. The van der Waals surface area contributed by atoms with Crippen molar-refractivity contribution in [2.24, 2.45) is 5.73 Å². The Hall–Kier alpha value is -1.88. The molecule has 108 valence electrons. The standard InChI is InChI=1S/C15H20N2O3/c16-13(7-8-14(18)19)15(20)17-12-6-5-10-3-1-2-4-11(10)9-12/h1-4,12-13H,5-9,16H2,(H,17,20)(H,18,19). The Morgan fingerprint density at radius 1 is 1.35 bits per heavy atom. The summed E-state index contributed by atoms with van der Waals surface area (Å²) in [5.41, 5.74) is 8.31. The van der Waals surface area contributed by atoms with E-state index in [-0.39, 0.29) is 24.8 Å². The summed E-state index contributed by atoms with van der Waals surface area (Å²) >= 11 is 0. The summed E-state index contributed by atoms with van der Waals surface area (Å²) in [6, 6.07) is 7.57. The van der Waals surface area contributed by atoms with E-state index in [2.05, 4.69) is 17.4 Å². The molecule has 0 saturated heterocycles. The number of carbonyl (C=O) groups is 2. The third-order valence-corrected chi connectivity index (χ3v) is 3.70. The van der Waals surface area contributed by atoms with Crippen molar-refractivity contribution in [1.29, 1.82) is 0 Å². The molecule has 5 nitrogen and oxygen atoms in total. The van der Waals surface area contributed by atoms with Gasteiger partial charge in [0.15, 0.2) is 0 Å². The highest BCUT2D eigenvalue weighted by Crippen LogP contribution is 2.21. The maximum absolute atomic E-state index is 11.9. The molecule has 20 heavy (non-hydrogen) atoms. The maximum atomic E-state index is 11.9. The Balaban J connectivity index is 1.85. The van der Waals surface area contributed by atoms with E-state index >= 15 is 0 Å². The largest absolute Gasteiger partial charge is 0.481 e. The second kappa shape index (κ2) is 6.52. The quantitative estimate of drug-likeness (QED) is 0.743. The van der Waals surface area contributed by atoms with Gasteiger partial charge in [-0.3, -0.25) is 9.59 Å². The molecule has 0 aromatic heterocycles. The molecule has 2 rings (SSSR count). The average Bonchev–Trinajstić information content (AvgIpc) is 2.44. The van der Waals surface area contributed by atoms with Crippen molar-refractivity contribution in [1.82, 2.24) is 5.32 Å². The molecule has 0 bridgehead atoms. The van der Waals surface area contributed by atoms with Crippen LogP contribution in [0.2, 0.25) is 0 Å². The zero-order chi connectivity index (χ0) is 14.5. The van der Waals surface area contributed by atoms with Crippen molar-refractivity contribution in [3.63, 3.8) is 0 Å². The predicted molar refractivity (Wildman–Crippen MR) is 75.2 cm³/mol. The van der Waals surface area contributed by atoms with Crippen molar-refractivity contribution in [2.75, 3.05) is 0 Å². The number of carboxylic acid groups (broad SMARTS) is 1. The Kier molecular flexibility index (Phi) is 4.74. The van der Waals surface area contributed by atoms with Gasteiger partial charge in [0.05, 0.1) is 6.04 Å². The second-order valence-corrected chi connectivity index (χ2v) is 5.26. The number of carboxylic acids is 1. The smallest absolute Gasteiger partial charge is 0.303 e. The van der Waals surface area contributed by atoms with Gasteiger partial charge in [-0.05, 0) is 36.8 Å². The summed E-state index contributed by atoms with van der Waals surface area (Å²) in [5, 5.41) is 11.5. The fourth-order valence-corrected chi connectivity index (χ4v) is 2.54. The van der Waals surface area contributed by atoms with Crippen LogP contribution < -0.4 is 11.1 Å². The first-order chi connectivity index (χ1) is 9.56. The van der Waals surface area contributed by atoms with Gasteiger partial charge in [0.2, 0.25) is 5.91 Å². The molecule has 0 fully saturated rings. The summed E-state index contributed by atoms with van der Waals surface area (Å²) < 4.78 is 0. The summed E-state index contributed by atoms with van der Waals surface area (Å²) in [4.78, 5) is 22.4. The van der Waals surface area contributed by atoms with Crippen LogP contribution in [-0.2, 0) is 22.4 Å². The third-order valence-electron chi connectivity index (χ3n) is 3.70. The minimum Gasteiger partial charge on any atom is -0.481 e. The van der Waals surface area contributed by atoms with Gasteiger partial charge in [-0.25, -0.2) is 0 Å². The minimum absolute atomic E-state index is 0.0813. The molecule has 1 aliphatic carbocycles. The van der Waals surface area contributed by atoms with Gasteiger partial charge >= 0.3 is 5.97 Å². The molecule has 0 spiro atoms. The molecule has 2 unspecified atom stereocenters. The highest BCUT2D eigenvalue weighted by Gasteiger charge is 2.22. The highest BCUT2D eigenvalue weighted by atomic mass is 16.4. The molecule has 0 saturated carbocycles. The van der Waals surface area contributed by atoms with Gasteiger partial charge in [0, 0.05) is 12.5 Å². The number of nitrogens with two attached hydrogens (primary N) is 1. The number of benzene rings is 1. The number of rotatable bonds is 5. The lowest BCUT2D eigenvalue weighted by molar-refractivity contribution is -0.137. The molecule has 1 aliphatic rings. The van der Waals surface area contributed by atoms with E-state index in [0.29, 0.717) is 0 Å². The number of carbonyl (C=O) groups excluding carboxylic acids is 1. The summed E-state index contributed by atoms with van der Waals surface area (Å²) in [7, 11) is 0. The van der Waals surface area contributed by atoms with E-state index in [9.17, 15) is 9.59 Å². The van der Waals surface area contributed by atoms with Crippen LogP contribution >= 0.6 is 0 Å². The van der Waals surface area contributed by atoms with Crippen molar-refractivity contribution in [3.05, 3.63) is 35.4 Å². The van der Waals surface area contributed by atoms with Gasteiger partial charge in [-0.15, -0.1) is 0 Å². The molecule has 1 aromatic carbocycles. The van der Waals surface area contributed by atoms with E-state index in [4.69, 9.17) is 10.8 Å². The lowest BCUT2D eigenvalue weighted by Gasteiger charge is -2.26. The first-order valence-corrected chi connectivity index (χ1v) is 6.91. The second-order valence-electron chi connectivity index (χ2n) is 5.26. The van der Waals surface area contributed by atoms with Crippen molar-refractivity contribution in [3.8, 4) is 0 Å². The lowest BCUT2D eigenvalue weighted by Crippen LogP contribution is -2.47. The van der Waals surface area contributed by atoms with E-state index in [1.807, 2.05) is 12.1 Å². The molecular weight excluding hydrogens is 256 g/mol. The zero-order valence-electron chi connectivity index (χ0n) is 11.3. The normalized spacial score (nSPS) is 18.9. The predicted octanol–water partition coefficient (Wildman–Crippen LogP) is 0.852. The molecule has 5 heteroatoms. The summed E-state index contributed by atoms with van der Waals surface area (Å²) in [5.74, 6) is -1.18. The molecule has 4 N–H and O–H groups in total. The Bertz CT molecular complexity index is 502. The molecule has 1 amide bonds. The minimum atomic E-state index is -0.931. The van der Waals surface area contributed by atoms with Crippen molar-refractivity contribution >= 4 is 11.9 Å². The van der Waals surface area contributed by atoms with Crippen LogP contribution in [0.4, 0.5) is 0 Å². The van der Waals surface area contributed by atoms with E-state index in [0.717, 1.165) is 19.3 Å². The monoisotopic (exact) mass is 276 g/mol. The SMILES string of the molecule is NC(CCC(=O)O)C(=O)NC1CCc2ccccc2C1. The number of fused-ring (bicyclic) bond motifs is 1. The molecule has 0 aliphatic heterocycles. The molecule has 2 atom stereocenters. The Morgan fingerprint density at radius 3 is 2.75 bits per heavy atom. The van der Waals surface area contributed by atoms with E-state index in [1.165, 1.54) is 11.1 Å². The van der Waals surface area contributed by atoms with Crippen LogP contribution in [0.1, 0.15) is 30.4 Å². The first kappa shape index (κ1) is 14.5. The fraction of sp³-hybridized carbons (Fsp3) is 0.467. The molecule has 0 heterocycles. The highest BCUT2D eigenvalue weighted by molar-refractivity contribution is 5.82. The van der Waals surface area contributed by atoms with Gasteiger partial charge in [0.25, 0.3) is 0 Å². The van der Waals surface area contributed by atoms with E-state index in [1.54, 1.807) is 0 Å². The van der Waals surface area contributed by atoms with Crippen LogP contribution in [0, 0.1) is 0 Å². The van der Waals surface area contributed by atoms with Crippen LogP contribution in [0.25, 0.3) is 0 Å². The number of nitrogens with one attached hydrogen (secondary N) is 1. The molecule has 1 aromatic rings. The maximum Gasteiger partial charge on any atom is 0.303 e.